The second-order valence-electron chi connectivity index (χ2n) is 5.13. The third-order valence-electron chi connectivity index (χ3n) is 2.86. The molecule has 0 aliphatic heterocycles. The summed E-state index contributed by atoms with van der Waals surface area (Å²) < 4.78 is 41.2. The normalized spacial score (nSPS) is 10.6. The van der Waals surface area contributed by atoms with E-state index in [1.807, 2.05) is 12.3 Å². The minimum atomic E-state index is -3.22. The molecule has 160 valence electrons. The van der Waals surface area contributed by atoms with Crippen molar-refractivity contribution in [3.05, 3.63) is 43.2 Å². The molecule has 4 heterocycles. The summed E-state index contributed by atoms with van der Waals surface area (Å²) in [6, 6.07) is 1.89. The van der Waals surface area contributed by atoms with Crippen LogP contribution in [-0.2, 0) is 18.9 Å². The maximum atomic E-state index is 11.2. The number of halogens is 1. The fourth-order valence-corrected chi connectivity index (χ4v) is 2.66. The van der Waals surface area contributed by atoms with Gasteiger partial charge < -0.3 is 9.97 Å². The summed E-state index contributed by atoms with van der Waals surface area (Å²) >= 11 is 0. The van der Waals surface area contributed by atoms with Gasteiger partial charge in [0.2, 0.25) is 9.05 Å². The van der Waals surface area contributed by atoms with Crippen LogP contribution in [0.5, 0.6) is 0 Å². The Morgan fingerprint density at radius 2 is 1.34 bits per heavy atom. The largest absolute Gasteiger partial charge is 0.345 e. The van der Waals surface area contributed by atoms with Crippen molar-refractivity contribution < 1.29 is 92.3 Å². The molecule has 4 aromatic heterocycles. The second-order valence-corrected chi connectivity index (χ2v) is 10.2. The van der Waals surface area contributed by atoms with Crippen molar-refractivity contribution in [2.45, 2.75) is 4.90 Å². The van der Waals surface area contributed by atoms with Crippen LogP contribution in [0.25, 0.3) is 22.3 Å². The average Bonchev–Trinajstić information content (AvgIpc) is 3.20. The van der Waals surface area contributed by atoms with Crippen LogP contribution in [0.4, 0.5) is 0 Å². The van der Waals surface area contributed by atoms with Gasteiger partial charge in [-0.3, -0.25) is 4.98 Å². The van der Waals surface area contributed by atoms with Gasteiger partial charge in [-0.25, -0.2) is 31.8 Å². The van der Waals surface area contributed by atoms with Gasteiger partial charge in [-0.1, -0.05) is 0 Å². The first kappa shape index (κ1) is 28.9. The molecule has 29 heavy (non-hydrogen) atoms. The topological polar surface area (TPSA) is 151 Å². The molecule has 0 bridgehead atoms. The van der Waals surface area contributed by atoms with E-state index in [0.29, 0.717) is 11.2 Å². The fraction of sp³-hybridized carbons (Fsp3) is 0.143. The summed E-state index contributed by atoms with van der Waals surface area (Å²) in [6.45, 7) is 0. The maximum Gasteiger partial charge on any atom is 0.229 e. The van der Waals surface area contributed by atoms with Gasteiger partial charge in [0.25, 0.3) is 0 Å². The molecule has 15 heteroatoms. The molecule has 0 saturated carbocycles. The fourth-order valence-electron chi connectivity index (χ4n) is 1.89. The predicted octanol–water partition coefficient (Wildman–Crippen LogP) is 1.50. The Balaban J connectivity index is 0.000000432. The first-order valence-electron chi connectivity index (χ1n) is 7.17. The summed E-state index contributed by atoms with van der Waals surface area (Å²) in [7, 11) is -1.91. The molecule has 10 nitrogen and oxygen atoms in total. The minimum absolute atomic E-state index is 0. The third-order valence-corrected chi connectivity index (χ3v) is 3.97. The van der Waals surface area contributed by atoms with E-state index in [-0.39, 0.29) is 80.4 Å². The molecular formula is C14H15Ar2ClN6O4S2. The van der Waals surface area contributed by atoms with E-state index in [1.54, 1.807) is 12.4 Å². The number of rotatable bonds is 1. The molecule has 0 unspecified atom stereocenters. The van der Waals surface area contributed by atoms with Crippen LogP contribution < -0.4 is 0 Å². The Hall–Kier alpha value is -0.0505. The standard InChI is InChI=1S/C7H7N3O2S.C6H5N3.CH3ClO2S.2Ar/c1-13(11,12)5-4-10-7-6(5)8-2-3-9-7;1-2-8-6-5(1)7-3-4-9-6;1-5(2,3)4;;/h2-4H,1H3,(H,9,10);1-4H,(H,8,9);1H3;;. The average molecular weight is 511 g/mol. The number of sulfone groups is 1. The third kappa shape index (κ3) is 10.2. The molecule has 0 atom stereocenters. The minimum Gasteiger partial charge on any atom is -0.345 e. The van der Waals surface area contributed by atoms with Gasteiger partial charge in [-0.05, 0) is 6.07 Å². The van der Waals surface area contributed by atoms with Crippen molar-refractivity contribution in [1.82, 2.24) is 29.9 Å². The summed E-state index contributed by atoms with van der Waals surface area (Å²) in [4.78, 5) is 21.8. The number of hydrogen-bond donors (Lipinski definition) is 2. The van der Waals surface area contributed by atoms with E-state index in [0.717, 1.165) is 23.7 Å². The van der Waals surface area contributed by atoms with E-state index < -0.39 is 18.9 Å². The van der Waals surface area contributed by atoms with E-state index in [2.05, 4.69) is 40.6 Å². The van der Waals surface area contributed by atoms with Crippen LogP contribution in [0.3, 0.4) is 0 Å². The Kier molecular flexibility index (Phi) is 12.7. The molecule has 0 aliphatic rings. The first-order valence-corrected chi connectivity index (χ1v) is 11.8. The molecule has 0 saturated heterocycles. The summed E-state index contributed by atoms with van der Waals surface area (Å²) in [5, 5.41) is 0. The Morgan fingerprint density at radius 3 is 1.90 bits per heavy atom. The van der Waals surface area contributed by atoms with Gasteiger partial charge in [0, 0.05) is 130 Å². The molecule has 4 aromatic rings. The smallest absolute Gasteiger partial charge is 0.229 e. The van der Waals surface area contributed by atoms with Gasteiger partial charge in [0.1, 0.15) is 15.9 Å². The number of H-pyrrole nitrogens is 2. The molecule has 0 radical (unpaired) electrons. The first-order chi connectivity index (χ1) is 12.6. The van der Waals surface area contributed by atoms with Crippen LogP contribution in [0.2, 0.25) is 0 Å². The Bertz CT molecular complexity index is 1220. The van der Waals surface area contributed by atoms with Crippen molar-refractivity contribution in [3.63, 3.8) is 0 Å². The quantitative estimate of drug-likeness (QED) is 0.366. The summed E-state index contributed by atoms with van der Waals surface area (Å²) in [6.07, 6.45) is 11.6. The molecular weight excluding hydrogens is 496 g/mol. The van der Waals surface area contributed by atoms with Gasteiger partial charge in [0.05, 0.1) is 6.26 Å². The Labute approximate surface area is 231 Å². The monoisotopic (exact) mass is 510 g/mol. The van der Waals surface area contributed by atoms with E-state index >= 15 is 0 Å². The van der Waals surface area contributed by atoms with E-state index in [4.69, 9.17) is 0 Å². The molecule has 0 aliphatic carbocycles. The zero-order valence-corrected chi connectivity index (χ0v) is 18.7. The number of aromatic amines is 2. The number of aromatic nitrogens is 6. The zero-order chi connectivity index (χ0) is 20.1. The Morgan fingerprint density at radius 1 is 0.828 bits per heavy atom. The molecule has 0 aromatic carbocycles. The zero-order valence-electron chi connectivity index (χ0n) is 14.9. The van der Waals surface area contributed by atoms with Crippen molar-refractivity contribution in [1.29, 1.82) is 0 Å². The van der Waals surface area contributed by atoms with Crippen LogP contribution in [0.15, 0.2) is 48.1 Å². The van der Waals surface area contributed by atoms with Crippen molar-refractivity contribution in [2.24, 2.45) is 0 Å². The molecule has 4 rings (SSSR count). The van der Waals surface area contributed by atoms with E-state index in [9.17, 15) is 16.8 Å². The van der Waals surface area contributed by atoms with Crippen LogP contribution in [0, 0.1) is 75.5 Å². The summed E-state index contributed by atoms with van der Waals surface area (Å²) in [5.41, 5.74) is 2.64. The molecule has 0 fully saturated rings. The number of hydrogen-bond acceptors (Lipinski definition) is 8. The van der Waals surface area contributed by atoms with Gasteiger partial charge in [-0.15, -0.1) is 0 Å². The van der Waals surface area contributed by atoms with Crippen LogP contribution in [-0.4, -0.2) is 59.3 Å². The molecule has 0 amide bonds. The van der Waals surface area contributed by atoms with Crippen LogP contribution in [0.1, 0.15) is 0 Å². The number of fused-ring (bicyclic) bond motifs is 2. The maximum absolute atomic E-state index is 11.2. The summed E-state index contributed by atoms with van der Waals surface area (Å²) in [5.74, 6) is 0. The molecule has 2 N–H and O–H groups in total. The number of nitrogens with one attached hydrogen (secondary N) is 2. The SMILES string of the molecule is CS(=O)(=O)Cl.CS(=O)(=O)c1c[nH]c2nccnc12.[Ar].[Ar].c1cnc2[nH]ccc2n1. The van der Waals surface area contributed by atoms with Crippen molar-refractivity contribution in [3.8, 4) is 0 Å². The van der Waals surface area contributed by atoms with Crippen LogP contribution >= 0.6 is 10.7 Å². The number of nitrogens with zero attached hydrogens (tertiary/aromatic N) is 4. The van der Waals surface area contributed by atoms with E-state index in [1.165, 1.54) is 18.6 Å². The van der Waals surface area contributed by atoms with Gasteiger partial charge >= 0.3 is 0 Å². The molecule has 0 spiro atoms. The van der Waals surface area contributed by atoms with Crippen molar-refractivity contribution in [2.75, 3.05) is 12.5 Å². The van der Waals surface area contributed by atoms with Gasteiger partial charge in [-0.2, -0.15) is 0 Å². The predicted molar refractivity (Wildman–Crippen MR) is 102 cm³/mol. The second kappa shape index (κ2) is 12.7. The van der Waals surface area contributed by atoms with Crippen molar-refractivity contribution >= 4 is 51.9 Å². The van der Waals surface area contributed by atoms with Gasteiger partial charge in [0.15, 0.2) is 21.1 Å².